The molecule has 16 heavy (non-hydrogen) atoms. The number of nitrogens with zero attached hydrogens (tertiary/aromatic N) is 2. The van der Waals surface area contributed by atoms with E-state index in [0.717, 1.165) is 5.69 Å². The minimum Gasteiger partial charge on any atom is -0.538 e. The molecule has 0 aliphatic rings. The van der Waals surface area contributed by atoms with Gasteiger partial charge in [0.25, 0.3) is 5.03 Å². The lowest BCUT2D eigenvalue weighted by atomic mass is 10.3. The molecule has 80 valence electrons. The molecule has 0 unspecified atom stereocenters. The fraction of sp³-hybridized carbons (Fsp3) is 0.0909. The van der Waals surface area contributed by atoms with Crippen LogP contribution in [0.4, 0.5) is 0 Å². The van der Waals surface area contributed by atoms with Gasteiger partial charge in [-0.1, -0.05) is 24.1 Å². The van der Waals surface area contributed by atoms with Crippen LogP contribution in [0.3, 0.4) is 0 Å². The fourth-order valence-corrected chi connectivity index (χ4v) is 1.84. The van der Waals surface area contributed by atoms with Crippen LogP contribution < -0.4 is 9.79 Å². The molecule has 0 bridgehead atoms. The third-order valence-electron chi connectivity index (χ3n) is 1.87. The molecule has 2 rings (SSSR count). The van der Waals surface area contributed by atoms with Crippen molar-refractivity contribution in [1.29, 1.82) is 0 Å². The van der Waals surface area contributed by atoms with Crippen molar-refractivity contribution in [3.8, 4) is 24.0 Å². The van der Waals surface area contributed by atoms with Gasteiger partial charge in [0, 0.05) is 12.1 Å². The Morgan fingerprint density at radius 3 is 2.88 bits per heavy atom. The number of aromatic nitrogens is 2. The summed E-state index contributed by atoms with van der Waals surface area (Å²) < 4.78 is 6.06. The maximum absolute atomic E-state index is 11.4. The number of benzene rings is 1. The standard InChI is InChI=1S/C11H8N2O2S/c1-2-8-16-10-11(14)15-12-13(10)9-6-4-3-5-7-9/h1,3-7H,8H2. The first-order chi connectivity index (χ1) is 7.83. The van der Waals surface area contributed by atoms with Gasteiger partial charge in [0.1, 0.15) is 0 Å². The van der Waals surface area contributed by atoms with E-state index in [1.54, 1.807) is 0 Å². The summed E-state index contributed by atoms with van der Waals surface area (Å²) in [5.74, 6) is 2.39. The maximum atomic E-state index is 11.4. The SMILES string of the molecule is C#CCSc1c([O-])on[n+]1-c1ccccc1. The second-order valence-corrected chi connectivity index (χ2v) is 3.87. The molecule has 0 radical (unpaired) electrons. The van der Waals surface area contributed by atoms with Gasteiger partial charge in [0.15, 0.2) is 5.95 Å². The Balaban J connectivity index is 2.39. The number of terminal acetylenes is 1. The van der Waals surface area contributed by atoms with Crippen LogP contribution in [-0.2, 0) is 0 Å². The van der Waals surface area contributed by atoms with Crippen molar-refractivity contribution in [2.24, 2.45) is 0 Å². The molecule has 0 aliphatic heterocycles. The van der Waals surface area contributed by atoms with Gasteiger partial charge in [-0.3, -0.25) is 0 Å². The molecular formula is C11H8N2O2S. The van der Waals surface area contributed by atoms with Crippen molar-refractivity contribution in [1.82, 2.24) is 5.27 Å². The number of hydrogen-bond donors (Lipinski definition) is 0. The lowest BCUT2D eigenvalue weighted by Crippen LogP contribution is -2.34. The van der Waals surface area contributed by atoms with Crippen LogP contribution in [0.15, 0.2) is 39.9 Å². The van der Waals surface area contributed by atoms with Crippen molar-refractivity contribution in [3.05, 3.63) is 30.3 Å². The Kier molecular flexibility index (Phi) is 3.13. The quantitative estimate of drug-likeness (QED) is 0.445. The van der Waals surface area contributed by atoms with Crippen LogP contribution in [0.5, 0.6) is 5.95 Å². The predicted octanol–water partition coefficient (Wildman–Crippen LogP) is 0.750. The molecule has 0 saturated carbocycles. The van der Waals surface area contributed by atoms with Crippen LogP contribution in [0.2, 0.25) is 0 Å². The number of para-hydroxylation sites is 1. The van der Waals surface area contributed by atoms with Gasteiger partial charge in [-0.05, 0) is 16.4 Å². The molecule has 0 spiro atoms. The van der Waals surface area contributed by atoms with Crippen LogP contribution in [0.1, 0.15) is 0 Å². The second kappa shape index (κ2) is 4.73. The average Bonchev–Trinajstić information content (AvgIpc) is 2.69. The molecule has 0 saturated heterocycles. The molecule has 0 fully saturated rings. The van der Waals surface area contributed by atoms with Crippen molar-refractivity contribution in [3.63, 3.8) is 0 Å². The zero-order valence-corrected chi connectivity index (χ0v) is 9.11. The van der Waals surface area contributed by atoms with Gasteiger partial charge in [-0.2, -0.15) is 0 Å². The van der Waals surface area contributed by atoms with Gasteiger partial charge in [0.2, 0.25) is 5.69 Å². The Bertz CT molecular complexity index is 517. The Labute approximate surface area is 96.9 Å². The Hall–Kier alpha value is -1.93. The second-order valence-electron chi connectivity index (χ2n) is 2.91. The number of rotatable bonds is 3. The van der Waals surface area contributed by atoms with Gasteiger partial charge >= 0.3 is 0 Å². The molecular weight excluding hydrogens is 224 g/mol. The van der Waals surface area contributed by atoms with Crippen molar-refractivity contribution in [2.45, 2.75) is 5.03 Å². The van der Waals surface area contributed by atoms with E-state index in [1.165, 1.54) is 16.4 Å². The predicted molar refractivity (Wildman–Crippen MR) is 57.0 cm³/mol. The summed E-state index contributed by atoms with van der Waals surface area (Å²) >= 11 is 1.23. The highest BCUT2D eigenvalue weighted by Gasteiger charge is 2.19. The summed E-state index contributed by atoms with van der Waals surface area (Å²) in [6.07, 6.45) is 5.15. The number of hydrogen-bond acceptors (Lipinski definition) is 4. The first-order valence-corrected chi connectivity index (χ1v) is 5.52. The van der Waals surface area contributed by atoms with Gasteiger partial charge < -0.3 is 9.63 Å². The van der Waals surface area contributed by atoms with Crippen LogP contribution >= 0.6 is 11.8 Å². The van der Waals surface area contributed by atoms with E-state index in [9.17, 15) is 5.11 Å². The van der Waals surface area contributed by atoms with Crippen LogP contribution in [-0.4, -0.2) is 11.0 Å². The highest BCUT2D eigenvalue weighted by Crippen LogP contribution is 2.22. The van der Waals surface area contributed by atoms with Gasteiger partial charge in [-0.15, -0.1) is 6.42 Å². The summed E-state index contributed by atoms with van der Waals surface area (Å²) in [7, 11) is 0. The summed E-state index contributed by atoms with van der Waals surface area (Å²) in [6, 6.07) is 9.27. The minimum absolute atomic E-state index is 0.393. The maximum Gasteiger partial charge on any atom is 0.298 e. The van der Waals surface area contributed by atoms with E-state index in [1.807, 2.05) is 30.3 Å². The summed E-state index contributed by atoms with van der Waals surface area (Å²) in [4.78, 5) is 0. The van der Waals surface area contributed by atoms with E-state index in [4.69, 9.17) is 6.42 Å². The average molecular weight is 232 g/mol. The molecule has 1 aromatic carbocycles. The van der Waals surface area contributed by atoms with Gasteiger partial charge in [0.05, 0.1) is 11.0 Å². The zero-order chi connectivity index (χ0) is 11.4. The largest absolute Gasteiger partial charge is 0.538 e. The molecule has 5 heteroatoms. The van der Waals surface area contributed by atoms with E-state index >= 15 is 0 Å². The Morgan fingerprint density at radius 2 is 2.19 bits per heavy atom. The van der Waals surface area contributed by atoms with E-state index < -0.39 is 5.95 Å². The number of thioether (sulfide) groups is 1. The minimum atomic E-state index is -0.468. The van der Waals surface area contributed by atoms with Crippen molar-refractivity contribution < 1.29 is 14.3 Å². The fourth-order valence-electron chi connectivity index (χ4n) is 1.20. The van der Waals surface area contributed by atoms with E-state index in [2.05, 4.69) is 15.7 Å². The van der Waals surface area contributed by atoms with Gasteiger partial charge in [-0.25, -0.2) is 0 Å². The Morgan fingerprint density at radius 1 is 1.44 bits per heavy atom. The highest BCUT2D eigenvalue weighted by molar-refractivity contribution is 7.99. The molecule has 2 aromatic rings. The summed E-state index contributed by atoms with van der Waals surface area (Å²) in [5, 5.41) is 15.5. The lowest BCUT2D eigenvalue weighted by Gasteiger charge is -1.94. The lowest BCUT2D eigenvalue weighted by molar-refractivity contribution is -0.705. The topological polar surface area (TPSA) is 53.0 Å². The van der Waals surface area contributed by atoms with E-state index in [0.29, 0.717) is 10.8 Å². The summed E-state index contributed by atoms with van der Waals surface area (Å²) in [5.41, 5.74) is 0.771. The molecule has 1 aromatic heterocycles. The molecule has 0 N–H and O–H groups in total. The first-order valence-electron chi connectivity index (χ1n) is 4.53. The molecule has 0 amide bonds. The smallest absolute Gasteiger partial charge is 0.298 e. The monoisotopic (exact) mass is 232 g/mol. The molecule has 1 heterocycles. The van der Waals surface area contributed by atoms with E-state index in [-0.39, 0.29) is 0 Å². The van der Waals surface area contributed by atoms with Crippen LogP contribution in [0, 0.1) is 12.3 Å². The normalized spacial score (nSPS) is 9.94. The highest BCUT2D eigenvalue weighted by atomic mass is 32.2. The molecule has 4 nitrogen and oxygen atoms in total. The zero-order valence-electron chi connectivity index (χ0n) is 8.29. The van der Waals surface area contributed by atoms with Crippen LogP contribution in [0.25, 0.3) is 5.69 Å². The van der Waals surface area contributed by atoms with Crippen molar-refractivity contribution in [2.75, 3.05) is 5.75 Å². The third kappa shape index (κ3) is 2.02. The summed E-state index contributed by atoms with van der Waals surface area (Å²) in [6.45, 7) is 0. The third-order valence-corrected chi connectivity index (χ3v) is 2.79. The first kappa shape index (κ1) is 10.6. The van der Waals surface area contributed by atoms with Crippen molar-refractivity contribution >= 4 is 11.8 Å². The molecule has 0 aliphatic carbocycles. The molecule has 0 atom stereocenters.